The van der Waals surface area contributed by atoms with E-state index in [1.807, 2.05) is 13.0 Å². The second kappa shape index (κ2) is 3.94. The van der Waals surface area contributed by atoms with Crippen LogP contribution in [0.3, 0.4) is 0 Å². The second-order valence-electron chi connectivity index (χ2n) is 3.90. The molecule has 0 radical (unpaired) electrons. The van der Waals surface area contributed by atoms with Gasteiger partial charge in [0.05, 0.1) is 4.90 Å². The van der Waals surface area contributed by atoms with E-state index in [0.717, 1.165) is 24.8 Å². The topological polar surface area (TPSA) is 46.2 Å². The summed E-state index contributed by atoms with van der Waals surface area (Å²) in [6.07, 6.45) is 2.78. The third-order valence-corrected chi connectivity index (χ3v) is 4.03. The van der Waals surface area contributed by atoms with Crippen molar-refractivity contribution in [3.8, 4) is 0 Å². The van der Waals surface area contributed by atoms with Crippen molar-refractivity contribution in [2.75, 3.05) is 0 Å². The van der Waals surface area contributed by atoms with Gasteiger partial charge < -0.3 is 0 Å². The first-order chi connectivity index (χ1) is 7.12. The van der Waals surface area contributed by atoms with Crippen LogP contribution in [0.2, 0.25) is 0 Å². The molecule has 1 fully saturated rings. The average Bonchev–Trinajstić information content (AvgIpc) is 3.01. The summed E-state index contributed by atoms with van der Waals surface area (Å²) >= 11 is 0. The molecule has 4 heteroatoms. The molecule has 1 aromatic carbocycles. The largest absolute Gasteiger partial charge is 0.240 e. The molecule has 3 nitrogen and oxygen atoms in total. The van der Waals surface area contributed by atoms with Crippen LogP contribution in [0.15, 0.2) is 29.2 Å². The van der Waals surface area contributed by atoms with E-state index < -0.39 is 10.0 Å². The van der Waals surface area contributed by atoms with Gasteiger partial charge in [-0.15, -0.1) is 0 Å². The minimum Gasteiger partial charge on any atom is -0.208 e. The van der Waals surface area contributed by atoms with Crippen LogP contribution in [0.1, 0.15) is 25.3 Å². The third-order valence-electron chi connectivity index (χ3n) is 2.52. The summed E-state index contributed by atoms with van der Waals surface area (Å²) in [5, 5.41) is 0. The lowest BCUT2D eigenvalue weighted by Gasteiger charge is -2.06. The van der Waals surface area contributed by atoms with Crippen molar-refractivity contribution in [2.24, 2.45) is 0 Å². The molecule has 1 aliphatic carbocycles. The summed E-state index contributed by atoms with van der Waals surface area (Å²) in [4.78, 5) is 0.383. The van der Waals surface area contributed by atoms with Crippen LogP contribution in [0, 0.1) is 0 Å². The summed E-state index contributed by atoms with van der Waals surface area (Å²) in [6, 6.07) is 7.28. The molecular weight excluding hydrogens is 210 g/mol. The number of sulfonamides is 1. The van der Waals surface area contributed by atoms with Crippen LogP contribution < -0.4 is 4.72 Å². The molecule has 82 valence electrons. The van der Waals surface area contributed by atoms with Gasteiger partial charge in [-0.3, -0.25) is 0 Å². The first-order valence-corrected chi connectivity index (χ1v) is 6.71. The van der Waals surface area contributed by atoms with Crippen molar-refractivity contribution in [3.63, 3.8) is 0 Å². The molecule has 0 aromatic heterocycles. The Bertz CT molecular complexity index is 449. The maximum Gasteiger partial charge on any atom is 0.240 e. The van der Waals surface area contributed by atoms with Gasteiger partial charge in [-0.2, -0.15) is 0 Å². The fourth-order valence-electron chi connectivity index (χ4n) is 1.42. The number of aryl methyl sites for hydroxylation is 1. The Kier molecular flexibility index (Phi) is 2.80. The highest BCUT2D eigenvalue weighted by molar-refractivity contribution is 7.89. The van der Waals surface area contributed by atoms with Gasteiger partial charge in [-0.25, -0.2) is 13.1 Å². The Morgan fingerprint density at radius 3 is 2.73 bits per heavy atom. The van der Waals surface area contributed by atoms with Gasteiger partial charge in [0, 0.05) is 6.04 Å². The maximum absolute atomic E-state index is 11.8. The van der Waals surface area contributed by atoms with Gasteiger partial charge in [0.15, 0.2) is 0 Å². The zero-order valence-corrected chi connectivity index (χ0v) is 9.55. The van der Waals surface area contributed by atoms with Crippen LogP contribution in [0.4, 0.5) is 0 Å². The van der Waals surface area contributed by atoms with Gasteiger partial charge >= 0.3 is 0 Å². The Balaban J connectivity index is 2.26. The van der Waals surface area contributed by atoms with E-state index >= 15 is 0 Å². The van der Waals surface area contributed by atoms with Gasteiger partial charge in [-0.1, -0.05) is 19.1 Å². The summed E-state index contributed by atoms with van der Waals surface area (Å²) in [7, 11) is -3.28. The highest BCUT2D eigenvalue weighted by Gasteiger charge is 2.27. The summed E-state index contributed by atoms with van der Waals surface area (Å²) in [5.41, 5.74) is 1.05. The van der Waals surface area contributed by atoms with E-state index in [9.17, 15) is 8.42 Å². The van der Waals surface area contributed by atoms with Crippen LogP contribution in [0.5, 0.6) is 0 Å². The molecule has 1 saturated carbocycles. The predicted molar refractivity (Wildman–Crippen MR) is 59.2 cm³/mol. The molecule has 0 unspecified atom stereocenters. The van der Waals surface area contributed by atoms with Crippen molar-refractivity contribution in [1.82, 2.24) is 4.72 Å². The molecule has 1 aromatic rings. The molecule has 15 heavy (non-hydrogen) atoms. The molecule has 1 aliphatic rings. The van der Waals surface area contributed by atoms with E-state index in [4.69, 9.17) is 0 Å². The first kappa shape index (κ1) is 10.6. The Labute approximate surface area is 90.6 Å². The molecular formula is C11H15NO2S. The first-order valence-electron chi connectivity index (χ1n) is 5.23. The summed E-state index contributed by atoms with van der Waals surface area (Å²) in [5.74, 6) is 0. The lowest BCUT2D eigenvalue weighted by molar-refractivity contribution is 0.581. The van der Waals surface area contributed by atoms with Crippen molar-refractivity contribution in [2.45, 2.75) is 37.1 Å². The van der Waals surface area contributed by atoms with Gasteiger partial charge in [0.1, 0.15) is 0 Å². The van der Waals surface area contributed by atoms with E-state index in [1.54, 1.807) is 18.2 Å². The normalized spacial score (nSPS) is 16.6. The number of hydrogen-bond acceptors (Lipinski definition) is 2. The van der Waals surface area contributed by atoms with Crippen molar-refractivity contribution in [1.29, 1.82) is 0 Å². The van der Waals surface area contributed by atoms with Crippen LogP contribution in [0.25, 0.3) is 0 Å². The molecule has 1 N–H and O–H groups in total. The minimum absolute atomic E-state index is 0.167. The van der Waals surface area contributed by atoms with Gasteiger partial charge in [-0.05, 0) is 37.0 Å². The molecule has 0 aliphatic heterocycles. The maximum atomic E-state index is 11.8. The molecule has 0 bridgehead atoms. The molecule has 2 rings (SSSR count). The van der Waals surface area contributed by atoms with E-state index in [0.29, 0.717) is 4.90 Å². The predicted octanol–water partition coefficient (Wildman–Crippen LogP) is 1.69. The standard InChI is InChI=1S/C11H15NO2S/c1-2-9-4-3-5-11(8-9)15(13,14)12-10-6-7-10/h3-5,8,10,12H,2,6-7H2,1H3. The molecule has 0 heterocycles. The molecule has 0 atom stereocenters. The Morgan fingerprint density at radius 2 is 2.13 bits per heavy atom. The minimum atomic E-state index is -3.28. The second-order valence-corrected chi connectivity index (χ2v) is 5.61. The summed E-state index contributed by atoms with van der Waals surface area (Å²) < 4.78 is 26.3. The monoisotopic (exact) mass is 225 g/mol. The Morgan fingerprint density at radius 1 is 1.40 bits per heavy atom. The lowest BCUT2D eigenvalue weighted by atomic mass is 10.2. The Hall–Kier alpha value is -0.870. The summed E-state index contributed by atoms with van der Waals surface area (Å²) in [6.45, 7) is 2.01. The van der Waals surface area contributed by atoms with E-state index in [-0.39, 0.29) is 6.04 Å². The lowest BCUT2D eigenvalue weighted by Crippen LogP contribution is -2.25. The molecule has 0 saturated heterocycles. The van der Waals surface area contributed by atoms with Crippen LogP contribution in [-0.2, 0) is 16.4 Å². The molecule has 0 amide bonds. The fraction of sp³-hybridized carbons (Fsp3) is 0.455. The number of nitrogens with one attached hydrogen (secondary N) is 1. The zero-order chi connectivity index (χ0) is 10.9. The number of benzene rings is 1. The fourth-order valence-corrected chi connectivity index (χ4v) is 2.80. The van der Waals surface area contributed by atoms with E-state index in [1.165, 1.54) is 0 Å². The van der Waals surface area contributed by atoms with Crippen molar-refractivity contribution < 1.29 is 8.42 Å². The van der Waals surface area contributed by atoms with Gasteiger partial charge in [0.2, 0.25) is 10.0 Å². The van der Waals surface area contributed by atoms with Crippen LogP contribution >= 0.6 is 0 Å². The molecule has 0 spiro atoms. The van der Waals surface area contributed by atoms with E-state index in [2.05, 4.69) is 4.72 Å². The SMILES string of the molecule is CCc1cccc(S(=O)(=O)NC2CC2)c1. The highest BCUT2D eigenvalue weighted by Crippen LogP contribution is 2.22. The van der Waals surface area contributed by atoms with Crippen LogP contribution in [-0.4, -0.2) is 14.5 Å². The zero-order valence-electron chi connectivity index (χ0n) is 8.73. The number of rotatable bonds is 4. The van der Waals surface area contributed by atoms with Gasteiger partial charge in [0.25, 0.3) is 0 Å². The quantitative estimate of drug-likeness (QED) is 0.847. The van der Waals surface area contributed by atoms with Crippen molar-refractivity contribution >= 4 is 10.0 Å². The average molecular weight is 225 g/mol. The smallest absolute Gasteiger partial charge is 0.208 e. The van der Waals surface area contributed by atoms with Crippen molar-refractivity contribution in [3.05, 3.63) is 29.8 Å². The highest BCUT2D eigenvalue weighted by atomic mass is 32.2. The third kappa shape index (κ3) is 2.58. The number of hydrogen-bond donors (Lipinski definition) is 1.